The summed E-state index contributed by atoms with van der Waals surface area (Å²) in [4.78, 5) is 0. The van der Waals surface area contributed by atoms with Crippen LogP contribution in [0.1, 0.15) is 6.92 Å². The summed E-state index contributed by atoms with van der Waals surface area (Å²) >= 11 is 6.71. The highest BCUT2D eigenvalue weighted by atomic mass is 32.2. The predicted molar refractivity (Wildman–Crippen MR) is 53.6 cm³/mol. The van der Waals surface area contributed by atoms with Crippen LogP contribution in [0.5, 0.6) is 0 Å². The number of quaternary nitrogens is 1. The zero-order valence-corrected chi connectivity index (χ0v) is 8.81. The van der Waals surface area contributed by atoms with Crippen molar-refractivity contribution in [3.05, 3.63) is 0 Å². The lowest BCUT2D eigenvalue weighted by Crippen LogP contribution is -2.36. The zero-order valence-electron chi connectivity index (χ0n) is 7.18. The Labute approximate surface area is 73.4 Å². The normalized spacial score (nSPS) is 11.6. The molecule has 0 aliphatic carbocycles. The van der Waals surface area contributed by atoms with Gasteiger partial charge in [-0.3, -0.25) is 0 Å². The largest absolute Gasteiger partial charge is 0.330 e. The summed E-state index contributed by atoms with van der Waals surface area (Å²) in [5.41, 5.74) is 0. The van der Waals surface area contributed by atoms with Gasteiger partial charge in [0.05, 0.1) is 27.7 Å². The lowest BCUT2D eigenvalue weighted by atomic mass is 10.6. The average molecular weight is 178 g/mol. The van der Waals surface area contributed by atoms with Gasteiger partial charge in [-0.15, -0.1) is 11.8 Å². The van der Waals surface area contributed by atoms with E-state index < -0.39 is 0 Å². The van der Waals surface area contributed by atoms with E-state index in [2.05, 4.69) is 21.1 Å². The molecule has 0 saturated heterocycles. The van der Waals surface area contributed by atoms with Crippen LogP contribution in [0.25, 0.3) is 0 Å². The molecule has 0 atom stereocenters. The van der Waals surface area contributed by atoms with Gasteiger partial charge < -0.3 is 4.48 Å². The molecule has 3 heteroatoms. The molecule has 1 nitrogen and oxygen atoms in total. The molecule has 0 N–H and O–H groups in total. The minimum absolute atomic E-state index is 1.02. The van der Waals surface area contributed by atoms with Crippen LogP contribution in [0.4, 0.5) is 0 Å². The predicted octanol–water partition coefficient (Wildman–Crippen LogP) is 1.77. The number of rotatable bonds is 3. The van der Waals surface area contributed by atoms with Gasteiger partial charge >= 0.3 is 0 Å². The van der Waals surface area contributed by atoms with Gasteiger partial charge in [0, 0.05) is 9.95 Å². The van der Waals surface area contributed by atoms with E-state index in [0.717, 1.165) is 14.4 Å². The van der Waals surface area contributed by atoms with E-state index in [0.29, 0.717) is 0 Å². The van der Waals surface area contributed by atoms with Crippen LogP contribution in [-0.4, -0.2) is 42.1 Å². The van der Waals surface area contributed by atoms with E-state index in [1.807, 2.05) is 6.92 Å². The lowest BCUT2D eigenvalue weighted by molar-refractivity contribution is -0.867. The molecule has 0 radical (unpaired) electrons. The SMILES string of the molecule is CC(=S)SCC[N+](C)(C)C. The molecule has 0 amide bonds. The van der Waals surface area contributed by atoms with Crippen LogP contribution in [-0.2, 0) is 0 Å². The Kier molecular flexibility index (Phi) is 4.49. The van der Waals surface area contributed by atoms with Crippen molar-refractivity contribution in [2.45, 2.75) is 6.92 Å². The highest BCUT2D eigenvalue weighted by Gasteiger charge is 2.05. The van der Waals surface area contributed by atoms with Gasteiger partial charge in [0.25, 0.3) is 0 Å². The molecule has 0 aromatic rings. The van der Waals surface area contributed by atoms with Crippen molar-refractivity contribution in [3.8, 4) is 0 Å². The van der Waals surface area contributed by atoms with E-state index in [1.165, 1.54) is 6.54 Å². The molecule has 0 aromatic heterocycles. The summed E-state index contributed by atoms with van der Waals surface area (Å²) < 4.78 is 2.07. The summed E-state index contributed by atoms with van der Waals surface area (Å²) in [7, 11) is 6.58. The summed E-state index contributed by atoms with van der Waals surface area (Å²) in [5.74, 6) is 1.14. The number of nitrogens with zero attached hydrogens (tertiary/aromatic N) is 1. The van der Waals surface area contributed by atoms with Crippen molar-refractivity contribution >= 4 is 28.2 Å². The Morgan fingerprint density at radius 3 is 2.20 bits per heavy atom. The molecule has 10 heavy (non-hydrogen) atoms. The molecule has 0 unspecified atom stereocenters. The van der Waals surface area contributed by atoms with Gasteiger partial charge in [-0.1, -0.05) is 12.2 Å². The molecule has 0 rings (SSSR count). The van der Waals surface area contributed by atoms with E-state index in [4.69, 9.17) is 12.2 Å². The van der Waals surface area contributed by atoms with Crippen LogP contribution in [0.2, 0.25) is 0 Å². The minimum Gasteiger partial charge on any atom is -0.330 e. The Bertz CT molecular complexity index is 115. The van der Waals surface area contributed by atoms with Crippen molar-refractivity contribution in [1.29, 1.82) is 0 Å². The number of hydrogen-bond donors (Lipinski definition) is 0. The summed E-state index contributed by atoms with van der Waals surface area (Å²) in [6, 6.07) is 0. The van der Waals surface area contributed by atoms with Crippen LogP contribution >= 0.6 is 24.0 Å². The molecule has 0 aliphatic rings. The van der Waals surface area contributed by atoms with Crippen LogP contribution in [0.15, 0.2) is 0 Å². The molecule has 0 aliphatic heterocycles. The van der Waals surface area contributed by atoms with Gasteiger partial charge in [0.1, 0.15) is 0 Å². The molecule has 0 heterocycles. The molecule has 0 spiro atoms. The third-order valence-electron chi connectivity index (χ3n) is 1.07. The van der Waals surface area contributed by atoms with Gasteiger partial charge in [-0.2, -0.15) is 0 Å². The topological polar surface area (TPSA) is 0 Å². The molecular formula is C7H16NS2+. The first kappa shape index (κ1) is 10.4. The van der Waals surface area contributed by atoms with Crippen molar-refractivity contribution in [1.82, 2.24) is 0 Å². The lowest BCUT2D eigenvalue weighted by Gasteiger charge is -2.23. The Morgan fingerprint density at radius 2 is 1.90 bits per heavy atom. The Balaban J connectivity index is 3.29. The first-order valence-electron chi connectivity index (χ1n) is 3.35. The van der Waals surface area contributed by atoms with Crippen molar-refractivity contribution in [2.75, 3.05) is 33.4 Å². The molecule has 0 saturated carbocycles. The standard InChI is InChI=1S/C7H16NS2/c1-7(9)10-6-5-8(2,3)4/h5-6H2,1-4H3/q+1. The fourth-order valence-corrected chi connectivity index (χ4v) is 1.64. The second kappa shape index (κ2) is 4.31. The molecule has 0 aromatic carbocycles. The smallest absolute Gasteiger partial charge is 0.0876 e. The third-order valence-corrected chi connectivity index (χ3v) is 2.21. The Hall–Kier alpha value is 0.400. The molecule has 0 bridgehead atoms. The fourth-order valence-electron chi connectivity index (χ4n) is 0.463. The Morgan fingerprint density at radius 1 is 1.40 bits per heavy atom. The maximum absolute atomic E-state index is 4.94. The van der Waals surface area contributed by atoms with Crippen LogP contribution in [0, 0.1) is 0 Å². The number of thiocarbonyl (C=S) groups is 1. The first-order chi connectivity index (χ1) is 4.42. The highest BCUT2D eigenvalue weighted by Crippen LogP contribution is 2.04. The number of thioether (sulfide) groups is 1. The minimum atomic E-state index is 1.02. The van der Waals surface area contributed by atoms with E-state index in [-0.39, 0.29) is 0 Å². The van der Waals surface area contributed by atoms with Crippen molar-refractivity contribution < 1.29 is 4.48 Å². The second-order valence-electron chi connectivity index (χ2n) is 3.35. The fraction of sp³-hybridized carbons (Fsp3) is 0.857. The monoisotopic (exact) mass is 178 g/mol. The van der Waals surface area contributed by atoms with E-state index >= 15 is 0 Å². The molecule has 60 valence electrons. The van der Waals surface area contributed by atoms with Crippen LogP contribution in [0.3, 0.4) is 0 Å². The average Bonchev–Trinajstić information content (AvgIpc) is 1.59. The van der Waals surface area contributed by atoms with Crippen molar-refractivity contribution in [2.24, 2.45) is 0 Å². The number of hydrogen-bond acceptors (Lipinski definition) is 2. The molecule has 0 fully saturated rings. The summed E-state index contributed by atoms with van der Waals surface area (Å²) in [6.07, 6.45) is 0. The van der Waals surface area contributed by atoms with Gasteiger partial charge in [-0.05, 0) is 6.92 Å². The molecular weight excluding hydrogens is 162 g/mol. The van der Waals surface area contributed by atoms with Gasteiger partial charge in [-0.25, -0.2) is 0 Å². The third kappa shape index (κ3) is 8.40. The maximum Gasteiger partial charge on any atom is 0.0876 e. The second-order valence-corrected chi connectivity index (χ2v) is 5.53. The van der Waals surface area contributed by atoms with E-state index in [1.54, 1.807) is 11.8 Å². The zero-order chi connectivity index (χ0) is 8.20. The van der Waals surface area contributed by atoms with Crippen LogP contribution < -0.4 is 0 Å². The highest BCUT2D eigenvalue weighted by molar-refractivity contribution is 8.23. The van der Waals surface area contributed by atoms with Crippen molar-refractivity contribution in [3.63, 3.8) is 0 Å². The first-order valence-corrected chi connectivity index (χ1v) is 4.75. The van der Waals surface area contributed by atoms with E-state index in [9.17, 15) is 0 Å². The maximum atomic E-state index is 4.94. The summed E-state index contributed by atoms with van der Waals surface area (Å²) in [5, 5.41) is 0. The van der Waals surface area contributed by atoms with Gasteiger partial charge in [0.2, 0.25) is 0 Å². The van der Waals surface area contributed by atoms with Gasteiger partial charge in [0.15, 0.2) is 0 Å². The summed E-state index contributed by atoms with van der Waals surface area (Å²) in [6.45, 7) is 3.16. The quantitative estimate of drug-likeness (QED) is 0.477.